The second-order valence-electron chi connectivity index (χ2n) is 9.91. The zero-order chi connectivity index (χ0) is 32.0. The van der Waals surface area contributed by atoms with Crippen LogP contribution in [0.2, 0.25) is 0 Å². The molecule has 1 saturated carbocycles. The van der Waals surface area contributed by atoms with Crippen LogP contribution in [0.1, 0.15) is 54.1 Å². The number of benzene rings is 4. The van der Waals surface area contributed by atoms with E-state index in [0.29, 0.717) is 46.0 Å². The molecule has 5 rings (SSSR count). The molecule has 1 aliphatic carbocycles. The Labute approximate surface area is 261 Å². The Hall–Kier alpha value is -3.89. The summed E-state index contributed by atoms with van der Waals surface area (Å²) >= 11 is 3.30. The lowest BCUT2D eigenvalue weighted by Crippen LogP contribution is -2.06. The molecule has 4 aromatic rings. The van der Waals surface area contributed by atoms with Gasteiger partial charge in [0, 0.05) is 38.9 Å². The van der Waals surface area contributed by atoms with Crippen LogP contribution in [0.25, 0.3) is 22.3 Å². The number of rotatable bonds is 9. The van der Waals surface area contributed by atoms with Gasteiger partial charge in [-0.1, -0.05) is 15.9 Å². The number of esters is 1. The second kappa shape index (κ2) is 14.7. The van der Waals surface area contributed by atoms with Crippen molar-refractivity contribution in [1.29, 1.82) is 0 Å². The standard InChI is InChI=1S/C18H18F2O2.C16H13BrF2O3/c1-2-22-18-9-16(14-6-5-13(19)8-17(14)20)15(11-3-4-11)7-12(18)10-21;1-3-22-15-8-11(10-5-4-9(18)6-14(10)19)13(17)7-12(15)16(20)21-2/h5-9,11,21H,2-4,10H2,1H3;4-8H,3H2,1-2H3. The first-order chi connectivity index (χ1) is 21.1. The molecule has 232 valence electrons. The van der Waals surface area contributed by atoms with E-state index in [-0.39, 0.29) is 23.5 Å². The minimum absolute atomic E-state index is 0.124. The molecule has 0 aromatic heterocycles. The first-order valence-electron chi connectivity index (χ1n) is 14.0. The predicted molar refractivity (Wildman–Crippen MR) is 163 cm³/mol. The number of halogens is 5. The van der Waals surface area contributed by atoms with Crippen LogP contribution in [0.4, 0.5) is 17.6 Å². The highest BCUT2D eigenvalue weighted by molar-refractivity contribution is 9.10. The van der Waals surface area contributed by atoms with E-state index in [4.69, 9.17) is 14.2 Å². The minimum atomic E-state index is -0.700. The van der Waals surface area contributed by atoms with Gasteiger partial charge in [-0.05, 0) is 92.3 Å². The number of hydrogen-bond donors (Lipinski definition) is 1. The van der Waals surface area contributed by atoms with Gasteiger partial charge in [0.2, 0.25) is 0 Å². The summed E-state index contributed by atoms with van der Waals surface area (Å²) in [6.45, 7) is 4.29. The molecule has 0 aliphatic heterocycles. The number of methoxy groups -OCH3 is 1. The molecular formula is C34H31BrF4O5. The van der Waals surface area contributed by atoms with Gasteiger partial charge in [0.05, 0.1) is 26.9 Å². The maximum Gasteiger partial charge on any atom is 0.341 e. The van der Waals surface area contributed by atoms with Crippen LogP contribution in [-0.4, -0.2) is 31.4 Å². The zero-order valence-electron chi connectivity index (χ0n) is 24.4. The molecule has 1 N–H and O–H groups in total. The third kappa shape index (κ3) is 7.60. The van der Waals surface area contributed by atoms with E-state index in [9.17, 15) is 27.5 Å². The largest absolute Gasteiger partial charge is 0.493 e. The molecule has 0 atom stereocenters. The molecule has 0 radical (unpaired) electrons. The van der Waals surface area contributed by atoms with Crippen LogP contribution in [-0.2, 0) is 11.3 Å². The minimum Gasteiger partial charge on any atom is -0.493 e. The second-order valence-corrected chi connectivity index (χ2v) is 10.8. The highest BCUT2D eigenvalue weighted by Gasteiger charge is 2.29. The van der Waals surface area contributed by atoms with Gasteiger partial charge in [-0.2, -0.15) is 0 Å². The van der Waals surface area contributed by atoms with Crippen molar-refractivity contribution in [2.24, 2.45) is 0 Å². The van der Waals surface area contributed by atoms with E-state index in [0.717, 1.165) is 36.1 Å². The Morgan fingerprint density at radius 3 is 1.84 bits per heavy atom. The van der Waals surface area contributed by atoms with E-state index in [1.807, 2.05) is 13.0 Å². The Morgan fingerprint density at radius 1 is 0.795 bits per heavy atom. The summed E-state index contributed by atoms with van der Waals surface area (Å²) in [6.07, 6.45) is 2.10. The summed E-state index contributed by atoms with van der Waals surface area (Å²) < 4.78 is 70.5. The summed E-state index contributed by atoms with van der Waals surface area (Å²) in [5.41, 5.74) is 3.67. The Morgan fingerprint density at radius 2 is 1.34 bits per heavy atom. The van der Waals surface area contributed by atoms with E-state index in [1.165, 1.54) is 43.5 Å². The van der Waals surface area contributed by atoms with E-state index in [2.05, 4.69) is 15.9 Å². The third-order valence-electron chi connectivity index (χ3n) is 6.94. The third-order valence-corrected chi connectivity index (χ3v) is 7.59. The quantitative estimate of drug-likeness (QED) is 0.142. The number of carbonyl (C=O) groups excluding carboxylic acids is 1. The normalized spacial score (nSPS) is 12.3. The van der Waals surface area contributed by atoms with Crippen molar-refractivity contribution in [3.63, 3.8) is 0 Å². The van der Waals surface area contributed by atoms with Crippen molar-refractivity contribution in [2.45, 2.75) is 39.2 Å². The molecule has 0 unspecified atom stereocenters. The fourth-order valence-corrected chi connectivity index (χ4v) is 5.30. The average molecular weight is 676 g/mol. The summed E-state index contributed by atoms with van der Waals surface area (Å²) in [5.74, 6) is -1.89. The van der Waals surface area contributed by atoms with Gasteiger partial charge < -0.3 is 19.3 Å². The van der Waals surface area contributed by atoms with Crippen molar-refractivity contribution in [2.75, 3.05) is 20.3 Å². The van der Waals surface area contributed by atoms with Crippen LogP contribution in [0.5, 0.6) is 11.5 Å². The van der Waals surface area contributed by atoms with Gasteiger partial charge in [-0.3, -0.25) is 0 Å². The van der Waals surface area contributed by atoms with E-state index in [1.54, 1.807) is 13.0 Å². The Bertz CT molecular complexity index is 1660. The fourth-order valence-electron chi connectivity index (χ4n) is 4.74. The number of aliphatic hydroxyl groups excluding tert-OH is 1. The monoisotopic (exact) mass is 674 g/mol. The lowest BCUT2D eigenvalue weighted by molar-refractivity contribution is 0.0596. The van der Waals surface area contributed by atoms with Crippen LogP contribution in [0.15, 0.2) is 65.1 Å². The van der Waals surface area contributed by atoms with Crippen LogP contribution >= 0.6 is 15.9 Å². The lowest BCUT2D eigenvalue weighted by Gasteiger charge is -2.16. The van der Waals surface area contributed by atoms with Crippen molar-refractivity contribution < 1.29 is 41.7 Å². The molecule has 0 bridgehead atoms. The summed E-state index contributed by atoms with van der Waals surface area (Å²) in [5, 5.41) is 9.52. The first-order valence-corrected chi connectivity index (χ1v) is 14.8. The molecule has 0 spiro atoms. The van der Waals surface area contributed by atoms with Gasteiger partial charge in [-0.25, -0.2) is 22.4 Å². The van der Waals surface area contributed by atoms with Gasteiger partial charge in [0.15, 0.2) is 0 Å². The molecule has 4 aromatic carbocycles. The molecule has 1 fully saturated rings. The average Bonchev–Trinajstić information content (AvgIpc) is 3.84. The summed E-state index contributed by atoms with van der Waals surface area (Å²) in [6, 6.07) is 13.6. The van der Waals surface area contributed by atoms with Gasteiger partial charge in [0.1, 0.15) is 40.3 Å². The molecule has 44 heavy (non-hydrogen) atoms. The van der Waals surface area contributed by atoms with Gasteiger partial charge in [-0.15, -0.1) is 0 Å². The van der Waals surface area contributed by atoms with Crippen LogP contribution in [0, 0.1) is 23.3 Å². The smallest absolute Gasteiger partial charge is 0.341 e. The maximum atomic E-state index is 14.2. The SMILES string of the molecule is CCOc1cc(-c2ccc(F)cc2F)c(Br)cc1C(=O)OC.CCOc1cc(-c2ccc(F)cc2F)c(C2CC2)cc1CO. The predicted octanol–water partition coefficient (Wildman–Crippen LogP) is 8.98. The molecule has 1 aliphatic rings. The summed E-state index contributed by atoms with van der Waals surface area (Å²) in [7, 11) is 1.26. The number of hydrogen-bond acceptors (Lipinski definition) is 5. The number of ether oxygens (including phenoxy) is 3. The highest BCUT2D eigenvalue weighted by Crippen LogP contribution is 2.47. The van der Waals surface area contributed by atoms with E-state index < -0.39 is 29.2 Å². The molecular weight excluding hydrogens is 644 g/mol. The van der Waals surface area contributed by atoms with Crippen molar-refractivity contribution >= 4 is 21.9 Å². The van der Waals surface area contributed by atoms with Crippen molar-refractivity contribution in [1.82, 2.24) is 0 Å². The van der Waals surface area contributed by atoms with Crippen LogP contribution in [0.3, 0.4) is 0 Å². The summed E-state index contributed by atoms with van der Waals surface area (Å²) in [4.78, 5) is 11.8. The number of carbonyl (C=O) groups is 1. The Balaban J connectivity index is 0.000000201. The lowest BCUT2D eigenvalue weighted by atomic mass is 9.93. The molecule has 10 heteroatoms. The van der Waals surface area contributed by atoms with E-state index >= 15 is 0 Å². The molecule has 5 nitrogen and oxygen atoms in total. The van der Waals surface area contributed by atoms with Crippen molar-refractivity contribution in [3.05, 3.63) is 105 Å². The molecule has 0 saturated heterocycles. The van der Waals surface area contributed by atoms with Gasteiger partial charge in [0.25, 0.3) is 0 Å². The highest BCUT2D eigenvalue weighted by atomic mass is 79.9. The fraction of sp³-hybridized carbons (Fsp3) is 0.265. The Kier molecular flexibility index (Phi) is 11.0. The molecule has 0 amide bonds. The topological polar surface area (TPSA) is 65.0 Å². The first kappa shape index (κ1) is 33.0. The zero-order valence-corrected chi connectivity index (χ0v) is 25.9. The number of aliphatic hydroxyl groups is 1. The van der Waals surface area contributed by atoms with Crippen molar-refractivity contribution in [3.8, 4) is 33.8 Å². The molecule has 0 heterocycles. The van der Waals surface area contributed by atoms with Gasteiger partial charge >= 0.3 is 5.97 Å². The maximum absolute atomic E-state index is 14.2. The van der Waals surface area contributed by atoms with Crippen LogP contribution < -0.4 is 9.47 Å².